The first-order chi connectivity index (χ1) is 3.29. The van der Waals surface area contributed by atoms with E-state index in [-0.39, 0.29) is 0 Å². The molecule has 0 aromatic heterocycles. The third-order valence-corrected chi connectivity index (χ3v) is 2.14. The molecule has 1 aliphatic rings. The van der Waals surface area contributed by atoms with Crippen LogP contribution in [0.5, 0.6) is 0 Å². The molecule has 0 bridgehead atoms. The summed E-state index contributed by atoms with van der Waals surface area (Å²) in [4.78, 5) is 0. The summed E-state index contributed by atoms with van der Waals surface area (Å²) in [6.45, 7) is 2.30. The highest BCUT2D eigenvalue weighted by molar-refractivity contribution is 7.80. The van der Waals surface area contributed by atoms with Crippen molar-refractivity contribution in [3.8, 4) is 0 Å². The van der Waals surface area contributed by atoms with Gasteiger partial charge >= 0.3 is 0 Å². The fourth-order valence-electron chi connectivity index (χ4n) is 1.18. The lowest BCUT2D eigenvalue weighted by Gasteiger charge is -1.95. The van der Waals surface area contributed by atoms with Crippen LogP contribution in [0.4, 0.5) is 0 Å². The summed E-state index contributed by atoms with van der Waals surface area (Å²) in [5, 5.41) is 0.718. The summed E-state index contributed by atoms with van der Waals surface area (Å²) in [5.41, 5.74) is 0. The molecule has 0 nitrogen and oxygen atoms in total. The van der Waals surface area contributed by atoms with Crippen LogP contribution in [0.1, 0.15) is 26.2 Å². The zero-order valence-electron chi connectivity index (χ0n) is 4.72. The molecule has 0 N–H and O–H groups in total. The van der Waals surface area contributed by atoms with Crippen molar-refractivity contribution >= 4 is 12.6 Å². The molecule has 0 amide bonds. The largest absolute Gasteiger partial charge is 0.176 e. The Bertz CT molecular complexity index is 53.2. The molecular formula is C6H12S. The Hall–Kier alpha value is 0.350. The lowest BCUT2D eigenvalue weighted by Crippen LogP contribution is -1.88. The molecule has 2 unspecified atom stereocenters. The van der Waals surface area contributed by atoms with Crippen molar-refractivity contribution < 1.29 is 0 Å². The molecule has 0 aromatic rings. The Balaban J connectivity index is 2.26. The van der Waals surface area contributed by atoms with Gasteiger partial charge in [-0.2, -0.15) is 12.6 Å². The maximum atomic E-state index is 4.35. The number of thiol groups is 1. The molecule has 7 heavy (non-hydrogen) atoms. The molecule has 0 aromatic carbocycles. The van der Waals surface area contributed by atoms with Crippen LogP contribution < -0.4 is 0 Å². The van der Waals surface area contributed by atoms with Crippen LogP contribution in [0.3, 0.4) is 0 Å². The van der Waals surface area contributed by atoms with Crippen molar-refractivity contribution in [2.24, 2.45) is 5.92 Å². The average molecular weight is 116 g/mol. The van der Waals surface area contributed by atoms with Gasteiger partial charge in [0.1, 0.15) is 0 Å². The van der Waals surface area contributed by atoms with Crippen LogP contribution in [0.15, 0.2) is 0 Å². The molecular weight excluding hydrogens is 104 g/mol. The zero-order valence-corrected chi connectivity index (χ0v) is 5.62. The monoisotopic (exact) mass is 116 g/mol. The molecule has 1 rings (SSSR count). The van der Waals surface area contributed by atoms with E-state index in [9.17, 15) is 0 Å². The van der Waals surface area contributed by atoms with E-state index in [1.807, 2.05) is 0 Å². The lowest BCUT2D eigenvalue weighted by molar-refractivity contribution is 0.614. The molecule has 0 saturated heterocycles. The normalized spacial score (nSPS) is 42.0. The standard InChI is InChI=1S/C6H12S/c1-5-2-3-6(7)4-5/h5-7H,2-4H2,1H3. The van der Waals surface area contributed by atoms with Crippen LogP contribution in [-0.2, 0) is 0 Å². The first-order valence-corrected chi connectivity index (χ1v) is 3.48. The van der Waals surface area contributed by atoms with Gasteiger partial charge in [0, 0.05) is 5.25 Å². The molecule has 1 fully saturated rings. The summed E-state index contributed by atoms with van der Waals surface area (Å²) in [6, 6.07) is 0. The minimum Gasteiger partial charge on any atom is -0.176 e. The molecule has 0 radical (unpaired) electrons. The topological polar surface area (TPSA) is 0 Å². The van der Waals surface area contributed by atoms with E-state index in [2.05, 4.69) is 19.6 Å². The number of hydrogen-bond donors (Lipinski definition) is 1. The van der Waals surface area contributed by atoms with Gasteiger partial charge in [0.25, 0.3) is 0 Å². The molecule has 1 heteroatoms. The lowest BCUT2D eigenvalue weighted by atomic mass is 10.1. The van der Waals surface area contributed by atoms with Crippen LogP contribution in [-0.4, -0.2) is 5.25 Å². The van der Waals surface area contributed by atoms with Gasteiger partial charge < -0.3 is 0 Å². The number of rotatable bonds is 0. The Morgan fingerprint density at radius 3 is 2.29 bits per heavy atom. The maximum Gasteiger partial charge on any atom is 0.00194 e. The van der Waals surface area contributed by atoms with Crippen molar-refractivity contribution in [2.45, 2.75) is 31.4 Å². The summed E-state index contributed by atoms with van der Waals surface area (Å²) in [5.74, 6) is 0.947. The van der Waals surface area contributed by atoms with E-state index in [4.69, 9.17) is 0 Å². The van der Waals surface area contributed by atoms with Gasteiger partial charge in [-0.05, 0) is 25.2 Å². The second-order valence-electron chi connectivity index (χ2n) is 2.57. The van der Waals surface area contributed by atoms with E-state index in [0.29, 0.717) is 0 Å². The highest BCUT2D eigenvalue weighted by Crippen LogP contribution is 2.27. The van der Waals surface area contributed by atoms with Gasteiger partial charge in [-0.1, -0.05) is 6.92 Å². The molecule has 1 aliphatic carbocycles. The van der Waals surface area contributed by atoms with E-state index in [1.165, 1.54) is 19.3 Å². The Morgan fingerprint density at radius 1 is 1.43 bits per heavy atom. The van der Waals surface area contributed by atoms with Crippen molar-refractivity contribution in [3.05, 3.63) is 0 Å². The van der Waals surface area contributed by atoms with Crippen LogP contribution >= 0.6 is 12.6 Å². The smallest absolute Gasteiger partial charge is 0.00194 e. The van der Waals surface area contributed by atoms with Crippen molar-refractivity contribution in [3.63, 3.8) is 0 Å². The summed E-state index contributed by atoms with van der Waals surface area (Å²) in [7, 11) is 0. The second kappa shape index (κ2) is 2.08. The minimum absolute atomic E-state index is 0.718. The quantitative estimate of drug-likeness (QED) is 0.460. The maximum absolute atomic E-state index is 4.35. The average Bonchev–Trinajstić information content (AvgIpc) is 1.87. The zero-order chi connectivity index (χ0) is 5.28. The molecule has 0 spiro atoms. The predicted molar refractivity (Wildman–Crippen MR) is 35.8 cm³/mol. The molecule has 0 heterocycles. The molecule has 42 valence electrons. The Kier molecular flexibility index (Phi) is 1.63. The first kappa shape index (κ1) is 5.49. The summed E-state index contributed by atoms with van der Waals surface area (Å²) >= 11 is 4.35. The van der Waals surface area contributed by atoms with Crippen LogP contribution in [0.25, 0.3) is 0 Å². The van der Waals surface area contributed by atoms with Gasteiger partial charge in [0.05, 0.1) is 0 Å². The van der Waals surface area contributed by atoms with E-state index in [1.54, 1.807) is 0 Å². The van der Waals surface area contributed by atoms with Crippen molar-refractivity contribution in [1.29, 1.82) is 0 Å². The van der Waals surface area contributed by atoms with Gasteiger partial charge in [-0.3, -0.25) is 0 Å². The molecule has 0 aliphatic heterocycles. The summed E-state index contributed by atoms with van der Waals surface area (Å²) < 4.78 is 0. The fourth-order valence-corrected chi connectivity index (χ4v) is 1.69. The third kappa shape index (κ3) is 1.37. The second-order valence-corrected chi connectivity index (χ2v) is 3.30. The van der Waals surface area contributed by atoms with E-state index >= 15 is 0 Å². The third-order valence-electron chi connectivity index (χ3n) is 1.67. The highest BCUT2D eigenvalue weighted by atomic mass is 32.1. The highest BCUT2D eigenvalue weighted by Gasteiger charge is 2.16. The fraction of sp³-hybridized carbons (Fsp3) is 1.00. The van der Waals surface area contributed by atoms with E-state index < -0.39 is 0 Å². The van der Waals surface area contributed by atoms with Crippen LogP contribution in [0, 0.1) is 5.92 Å². The predicted octanol–water partition coefficient (Wildman–Crippen LogP) is 2.10. The molecule has 1 saturated carbocycles. The Labute approximate surface area is 50.7 Å². The first-order valence-electron chi connectivity index (χ1n) is 2.97. The minimum atomic E-state index is 0.718. The Morgan fingerprint density at radius 2 is 2.14 bits per heavy atom. The summed E-state index contributed by atoms with van der Waals surface area (Å²) in [6.07, 6.45) is 4.07. The van der Waals surface area contributed by atoms with Gasteiger partial charge in [0.2, 0.25) is 0 Å². The van der Waals surface area contributed by atoms with Gasteiger partial charge in [-0.25, -0.2) is 0 Å². The SMILES string of the molecule is CC1CCC(S)C1. The molecule has 2 atom stereocenters. The van der Waals surface area contributed by atoms with Crippen molar-refractivity contribution in [2.75, 3.05) is 0 Å². The van der Waals surface area contributed by atoms with Gasteiger partial charge in [-0.15, -0.1) is 0 Å². The van der Waals surface area contributed by atoms with E-state index in [0.717, 1.165) is 11.2 Å². The van der Waals surface area contributed by atoms with Crippen molar-refractivity contribution in [1.82, 2.24) is 0 Å². The van der Waals surface area contributed by atoms with Crippen LogP contribution in [0.2, 0.25) is 0 Å². The van der Waals surface area contributed by atoms with Gasteiger partial charge in [0.15, 0.2) is 0 Å². The number of hydrogen-bond acceptors (Lipinski definition) is 1.